The molecule has 40 heavy (non-hydrogen) atoms. The highest BCUT2D eigenvalue weighted by atomic mass is 16.3. The second kappa shape index (κ2) is 9.92. The summed E-state index contributed by atoms with van der Waals surface area (Å²) in [6.07, 6.45) is 6.63. The van der Waals surface area contributed by atoms with Gasteiger partial charge in [-0.2, -0.15) is 0 Å². The third kappa shape index (κ3) is 4.03. The predicted octanol–water partition coefficient (Wildman–Crippen LogP) is 2.15. The lowest BCUT2D eigenvalue weighted by atomic mass is 9.57. The van der Waals surface area contributed by atoms with Crippen LogP contribution in [0, 0.1) is 17.8 Å². The molecular weight excluding hydrogens is 514 g/mol. The molecule has 0 heterocycles. The molecule has 5 rings (SSSR count). The van der Waals surface area contributed by atoms with Gasteiger partial charge in [-0.1, -0.05) is 25.7 Å². The number of fused-ring (bicyclic) bond motifs is 3. The van der Waals surface area contributed by atoms with Gasteiger partial charge in [-0.3, -0.25) is 19.3 Å². The number of carbonyl (C=O) groups is 3. The van der Waals surface area contributed by atoms with Gasteiger partial charge < -0.3 is 31.1 Å². The Kier molecular flexibility index (Phi) is 6.99. The van der Waals surface area contributed by atoms with Crippen LogP contribution in [0.1, 0.15) is 55.2 Å². The van der Waals surface area contributed by atoms with Crippen molar-refractivity contribution >= 4 is 28.9 Å². The molecule has 6 N–H and O–H groups in total. The van der Waals surface area contributed by atoms with E-state index in [4.69, 9.17) is 5.73 Å². The molecule has 4 atom stereocenters. The fourth-order valence-corrected chi connectivity index (χ4v) is 7.59. The third-order valence-corrected chi connectivity index (χ3v) is 9.55. The van der Waals surface area contributed by atoms with Gasteiger partial charge in [0.15, 0.2) is 11.4 Å². The zero-order valence-corrected chi connectivity index (χ0v) is 23.5. The van der Waals surface area contributed by atoms with E-state index in [0.29, 0.717) is 23.5 Å². The van der Waals surface area contributed by atoms with Crippen molar-refractivity contribution in [3.63, 3.8) is 0 Å². The van der Waals surface area contributed by atoms with Crippen LogP contribution in [0.2, 0.25) is 0 Å². The first-order valence-electron chi connectivity index (χ1n) is 14.0. The summed E-state index contributed by atoms with van der Waals surface area (Å²) >= 11 is 0. The van der Waals surface area contributed by atoms with E-state index in [1.54, 1.807) is 14.1 Å². The average molecular weight is 554 g/mol. The maximum absolute atomic E-state index is 14.1. The number of likely N-dealkylation sites (N-methyl/N-ethyl adjacent to an activating group) is 1. The number of rotatable bonds is 6. The first kappa shape index (κ1) is 28.2. The number of aromatic hydroxyl groups is 1. The van der Waals surface area contributed by atoms with E-state index in [0.717, 1.165) is 24.9 Å². The van der Waals surface area contributed by atoms with Crippen LogP contribution in [-0.2, 0) is 27.2 Å². The zero-order valence-electron chi connectivity index (χ0n) is 23.5. The molecule has 10 nitrogen and oxygen atoms in total. The van der Waals surface area contributed by atoms with Gasteiger partial charge in [0.05, 0.1) is 11.6 Å². The number of nitrogens with two attached hydrogens (primary N) is 1. The molecule has 0 aliphatic heterocycles. The summed E-state index contributed by atoms with van der Waals surface area (Å²) in [6.45, 7) is 0. The molecule has 1 aromatic rings. The smallest absolute Gasteiger partial charge is 0.255 e. The molecule has 1 unspecified atom stereocenters. The van der Waals surface area contributed by atoms with Crippen LogP contribution in [0.4, 0.5) is 5.69 Å². The average Bonchev–Trinajstić information content (AvgIpc) is 3.39. The van der Waals surface area contributed by atoms with Crippen molar-refractivity contribution in [2.24, 2.45) is 23.5 Å². The van der Waals surface area contributed by atoms with E-state index in [2.05, 4.69) is 0 Å². The van der Waals surface area contributed by atoms with E-state index in [9.17, 15) is 34.8 Å². The lowest BCUT2D eigenvalue weighted by Crippen LogP contribution is -2.65. The summed E-state index contributed by atoms with van der Waals surface area (Å²) < 4.78 is 0. The number of aliphatic hydroxyl groups is 3. The Hall–Kier alpha value is -3.37. The molecule has 0 saturated heterocycles. The highest BCUT2D eigenvalue weighted by molar-refractivity contribution is 6.24. The van der Waals surface area contributed by atoms with E-state index in [1.165, 1.54) is 17.7 Å². The van der Waals surface area contributed by atoms with Gasteiger partial charge in [-0.15, -0.1) is 0 Å². The van der Waals surface area contributed by atoms with Crippen LogP contribution < -0.4 is 10.6 Å². The van der Waals surface area contributed by atoms with Gasteiger partial charge in [-0.05, 0) is 68.8 Å². The molecule has 10 heteroatoms. The molecule has 4 aliphatic rings. The molecule has 0 bridgehead atoms. The Morgan fingerprint density at radius 3 is 2.33 bits per heavy atom. The molecule has 2 saturated carbocycles. The Bertz CT molecular complexity index is 1360. The van der Waals surface area contributed by atoms with Crippen LogP contribution in [0.25, 0.3) is 5.76 Å². The SMILES string of the molecule is CN(C)c1cc(CCC2CCCC2)c(O)c2c1C[C@@H]1C[C@@H]3C(N(C)C)C(=O)C(C(N)=O)=C(O)[C@@]3(O)C(=O)C1=C2O. The number of primary amides is 1. The largest absolute Gasteiger partial charge is 0.508 e. The fourth-order valence-electron chi connectivity index (χ4n) is 7.59. The highest BCUT2D eigenvalue weighted by Crippen LogP contribution is 2.54. The number of phenols is 1. The maximum Gasteiger partial charge on any atom is 0.255 e. The molecular formula is C30H39N3O7. The van der Waals surface area contributed by atoms with E-state index in [-0.39, 0.29) is 29.7 Å². The zero-order chi connectivity index (χ0) is 29.3. The molecule has 216 valence electrons. The number of carbonyl (C=O) groups excluding carboxylic acids is 3. The summed E-state index contributed by atoms with van der Waals surface area (Å²) in [4.78, 5) is 42.9. The van der Waals surface area contributed by atoms with Gasteiger partial charge in [0.1, 0.15) is 22.8 Å². The number of Topliss-reactive ketones (excluding diaryl/α,β-unsaturated/α-hetero) is 2. The summed E-state index contributed by atoms with van der Waals surface area (Å²) in [6, 6.07) is 0.847. The van der Waals surface area contributed by atoms with Gasteiger partial charge in [0.2, 0.25) is 5.78 Å². The first-order chi connectivity index (χ1) is 18.8. The molecule has 1 aromatic carbocycles. The number of aryl methyl sites for hydroxylation is 1. The number of anilines is 1. The summed E-state index contributed by atoms with van der Waals surface area (Å²) in [5, 5.41) is 45.8. The molecule has 1 amide bonds. The van der Waals surface area contributed by atoms with Gasteiger partial charge >= 0.3 is 0 Å². The first-order valence-corrected chi connectivity index (χ1v) is 14.0. The monoisotopic (exact) mass is 553 g/mol. The minimum atomic E-state index is -2.63. The number of hydrogen-bond donors (Lipinski definition) is 5. The molecule has 2 fully saturated rings. The van der Waals surface area contributed by atoms with Crippen molar-refractivity contribution in [3.05, 3.63) is 39.7 Å². The van der Waals surface area contributed by atoms with E-state index < -0.39 is 58.0 Å². The van der Waals surface area contributed by atoms with Crippen molar-refractivity contribution in [1.82, 2.24) is 4.90 Å². The van der Waals surface area contributed by atoms with E-state index >= 15 is 0 Å². The van der Waals surface area contributed by atoms with Crippen molar-refractivity contribution in [1.29, 1.82) is 0 Å². The predicted molar refractivity (Wildman–Crippen MR) is 149 cm³/mol. The molecule has 0 spiro atoms. The van der Waals surface area contributed by atoms with Crippen LogP contribution in [-0.4, -0.2) is 82.6 Å². The summed E-state index contributed by atoms with van der Waals surface area (Å²) in [5.74, 6) is -5.70. The number of ketones is 2. The van der Waals surface area contributed by atoms with Crippen molar-refractivity contribution in [2.75, 3.05) is 33.1 Å². The summed E-state index contributed by atoms with van der Waals surface area (Å²) in [5.41, 5.74) is 4.15. The fraction of sp³-hybridized carbons (Fsp3) is 0.567. The Morgan fingerprint density at radius 1 is 1.10 bits per heavy atom. The Morgan fingerprint density at radius 2 is 1.75 bits per heavy atom. The van der Waals surface area contributed by atoms with Crippen LogP contribution in [0.3, 0.4) is 0 Å². The number of amides is 1. The van der Waals surface area contributed by atoms with Crippen LogP contribution >= 0.6 is 0 Å². The maximum atomic E-state index is 14.1. The van der Waals surface area contributed by atoms with Gasteiger partial charge in [0, 0.05) is 31.3 Å². The number of hydrogen-bond acceptors (Lipinski definition) is 9. The van der Waals surface area contributed by atoms with Crippen molar-refractivity contribution in [2.45, 2.75) is 63.0 Å². The van der Waals surface area contributed by atoms with Crippen molar-refractivity contribution in [3.8, 4) is 5.75 Å². The molecule has 0 radical (unpaired) electrons. The van der Waals surface area contributed by atoms with Crippen LogP contribution in [0.5, 0.6) is 5.75 Å². The second-order valence-electron chi connectivity index (χ2n) is 12.3. The number of benzene rings is 1. The lowest BCUT2D eigenvalue weighted by molar-refractivity contribution is -0.153. The molecule has 0 aromatic heterocycles. The van der Waals surface area contributed by atoms with Crippen LogP contribution in [0.15, 0.2) is 23.0 Å². The standard InChI is InChI=1S/C30H39N3O7/c1-32(2)19-13-15(10-9-14-7-5-6-8-14)24(34)21-17(19)11-16-12-18-23(33(3)4)26(36)22(29(31)39)28(38)30(18,40)27(37)20(16)25(21)35/h13-14,16,18,23,34-35,38,40H,5-12H2,1-4H3,(H2,31,39)/t16-,18-,23?,30+/m1/s1. The van der Waals surface area contributed by atoms with Gasteiger partial charge in [-0.25, -0.2) is 0 Å². The topological polar surface area (TPSA) is 165 Å². The van der Waals surface area contributed by atoms with Gasteiger partial charge in [0.25, 0.3) is 5.91 Å². The van der Waals surface area contributed by atoms with E-state index in [1.807, 2.05) is 25.1 Å². The minimum absolute atomic E-state index is 0.0722. The minimum Gasteiger partial charge on any atom is -0.508 e. The lowest BCUT2D eigenvalue weighted by Gasteiger charge is -2.50. The Labute approximate surface area is 233 Å². The number of aliphatic hydroxyl groups excluding tert-OH is 2. The number of phenolic OH excluding ortho intramolecular Hbond substituents is 1. The third-order valence-electron chi connectivity index (χ3n) is 9.55. The highest BCUT2D eigenvalue weighted by Gasteiger charge is 2.64. The molecule has 4 aliphatic carbocycles. The van der Waals surface area contributed by atoms with Crippen molar-refractivity contribution < 1.29 is 34.8 Å². The summed E-state index contributed by atoms with van der Waals surface area (Å²) in [7, 11) is 6.93. The Balaban J connectivity index is 1.67. The quantitative estimate of drug-likeness (QED) is 0.332. The second-order valence-corrected chi connectivity index (χ2v) is 12.3. The number of nitrogens with zero attached hydrogens (tertiary/aromatic N) is 2. The normalized spacial score (nSPS) is 28.6.